The number of hydrogen-bond donors (Lipinski definition) is 1. The van der Waals surface area contributed by atoms with Gasteiger partial charge in [-0.2, -0.15) is 0 Å². The van der Waals surface area contributed by atoms with Crippen LogP contribution in [0.3, 0.4) is 0 Å². The molecule has 0 aromatic heterocycles. The zero-order chi connectivity index (χ0) is 12.9. The van der Waals surface area contributed by atoms with Gasteiger partial charge >= 0.3 is 0 Å². The Hall–Kier alpha value is -0.820. The number of benzene rings is 1. The predicted molar refractivity (Wildman–Crippen MR) is 81.2 cm³/mol. The second-order valence-corrected chi connectivity index (χ2v) is 6.51. The van der Waals surface area contributed by atoms with Crippen molar-refractivity contribution in [2.45, 2.75) is 57.4 Å². The summed E-state index contributed by atoms with van der Waals surface area (Å²) in [7, 11) is 0. The molecule has 0 radical (unpaired) electrons. The lowest BCUT2D eigenvalue weighted by Gasteiger charge is -2.32. The Morgan fingerprint density at radius 1 is 0.895 bits per heavy atom. The number of nitrogens with one attached hydrogen (secondary N) is 1. The maximum atomic E-state index is 3.75. The molecule has 0 amide bonds. The average molecular weight is 257 g/mol. The molecule has 1 nitrogen and oxygen atoms in total. The minimum absolute atomic E-state index is 0.872. The van der Waals surface area contributed by atoms with Crippen LogP contribution in [0, 0.1) is 11.8 Å². The summed E-state index contributed by atoms with van der Waals surface area (Å²) in [6.07, 6.45) is 11.3. The third kappa shape index (κ3) is 4.07. The first kappa shape index (κ1) is 13.2. The number of hydrogen-bond acceptors (Lipinski definition) is 1. The van der Waals surface area contributed by atoms with Crippen molar-refractivity contribution in [2.75, 3.05) is 6.54 Å². The highest BCUT2D eigenvalue weighted by Crippen LogP contribution is 2.33. The minimum atomic E-state index is 0.872. The molecule has 0 saturated heterocycles. The van der Waals surface area contributed by atoms with Gasteiger partial charge in [0.1, 0.15) is 0 Å². The van der Waals surface area contributed by atoms with Gasteiger partial charge < -0.3 is 5.32 Å². The predicted octanol–water partition coefficient (Wildman–Crippen LogP) is 4.18. The zero-order valence-corrected chi connectivity index (χ0v) is 12.0. The smallest absolute Gasteiger partial charge is 0.00683 e. The van der Waals surface area contributed by atoms with E-state index in [1.54, 1.807) is 0 Å². The molecule has 2 aliphatic carbocycles. The molecule has 2 atom stereocenters. The fraction of sp³-hybridized carbons (Fsp3) is 0.667. The Morgan fingerprint density at radius 2 is 1.63 bits per heavy atom. The van der Waals surface area contributed by atoms with Crippen LogP contribution >= 0.6 is 0 Å². The molecule has 0 aliphatic heterocycles. The second-order valence-electron chi connectivity index (χ2n) is 6.51. The Morgan fingerprint density at radius 3 is 2.37 bits per heavy atom. The topological polar surface area (TPSA) is 12.0 Å². The highest BCUT2D eigenvalue weighted by molar-refractivity contribution is 5.14. The van der Waals surface area contributed by atoms with Gasteiger partial charge in [0, 0.05) is 6.04 Å². The largest absolute Gasteiger partial charge is 0.314 e. The van der Waals surface area contributed by atoms with E-state index in [1.165, 1.54) is 63.5 Å². The van der Waals surface area contributed by atoms with E-state index in [1.807, 2.05) is 0 Å². The maximum absolute atomic E-state index is 3.75. The zero-order valence-electron chi connectivity index (χ0n) is 12.0. The van der Waals surface area contributed by atoms with Gasteiger partial charge in [-0.15, -0.1) is 0 Å². The van der Waals surface area contributed by atoms with E-state index in [9.17, 15) is 0 Å². The van der Waals surface area contributed by atoms with Crippen molar-refractivity contribution >= 4 is 0 Å². The molecule has 3 rings (SSSR count). The molecule has 2 saturated carbocycles. The van der Waals surface area contributed by atoms with Crippen molar-refractivity contribution < 1.29 is 0 Å². The van der Waals surface area contributed by atoms with E-state index in [4.69, 9.17) is 0 Å². The van der Waals surface area contributed by atoms with Crippen LogP contribution < -0.4 is 5.32 Å². The van der Waals surface area contributed by atoms with Crippen LogP contribution in [0.2, 0.25) is 0 Å². The first-order valence-corrected chi connectivity index (χ1v) is 8.19. The van der Waals surface area contributed by atoms with Crippen LogP contribution in [0.1, 0.15) is 50.5 Å². The molecule has 0 heterocycles. The molecule has 0 bridgehead atoms. The fourth-order valence-corrected chi connectivity index (χ4v) is 3.54. The molecular formula is C18H27N. The van der Waals surface area contributed by atoms with Crippen LogP contribution in [-0.4, -0.2) is 12.6 Å². The molecule has 104 valence electrons. The SMILES string of the molecule is c1ccc(CCC2CCCCC2CNC2CC2)cc1. The van der Waals surface area contributed by atoms with Crippen LogP contribution in [0.4, 0.5) is 0 Å². The van der Waals surface area contributed by atoms with Gasteiger partial charge in [-0.3, -0.25) is 0 Å². The maximum Gasteiger partial charge on any atom is 0.00683 e. The monoisotopic (exact) mass is 257 g/mol. The van der Waals surface area contributed by atoms with Gasteiger partial charge in [-0.1, -0.05) is 49.6 Å². The molecular weight excluding hydrogens is 230 g/mol. The van der Waals surface area contributed by atoms with Gasteiger partial charge in [-0.05, 0) is 56.0 Å². The molecule has 2 aliphatic rings. The molecule has 1 aromatic rings. The molecule has 2 unspecified atom stereocenters. The van der Waals surface area contributed by atoms with Crippen LogP contribution in [0.15, 0.2) is 30.3 Å². The second kappa shape index (κ2) is 6.56. The molecule has 1 aromatic carbocycles. The quantitative estimate of drug-likeness (QED) is 0.806. The minimum Gasteiger partial charge on any atom is -0.314 e. The summed E-state index contributed by atoms with van der Waals surface area (Å²) in [4.78, 5) is 0. The van der Waals surface area contributed by atoms with Crippen molar-refractivity contribution in [1.82, 2.24) is 5.32 Å². The van der Waals surface area contributed by atoms with E-state index < -0.39 is 0 Å². The summed E-state index contributed by atoms with van der Waals surface area (Å²) < 4.78 is 0. The fourth-order valence-electron chi connectivity index (χ4n) is 3.54. The highest BCUT2D eigenvalue weighted by atomic mass is 14.9. The number of rotatable bonds is 6. The standard InChI is InChI=1S/C18H27N/c1-2-6-15(7-3-1)10-11-16-8-4-5-9-17(16)14-19-18-12-13-18/h1-3,6-7,16-19H,4-5,8-14H2. The van der Waals surface area contributed by atoms with Crippen molar-refractivity contribution in [3.63, 3.8) is 0 Å². The van der Waals surface area contributed by atoms with Gasteiger partial charge in [0.25, 0.3) is 0 Å². The lowest BCUT2D eigenvalue weighted by atomic mass is 9.76. The third-order valence-corrected chi connectivity index (χ3v) is 4.96. The average Bonchev–Trinajstić information content (AvgIpc) is 3.29. The summed E-state index contributed by atoms with van der Waals surface area (Å²) >= 11 is 0. The Bertz CT molecular complexity index is 369. The van der Waals surface area contributed by atoms with Crippen LogP contribution in [0.5, 0.6) is 0 Å². The Labute approximate surface area is 117 Å². The van der Waals surface area contributed by atoms with Gasteiger partial charge in [0.2, 0.25) is 0 Å². The normalized spacial score (nSPS) is 27.4. The summed E-state index contributed by atoms with van der Waals surface area (Å²) in [5, 5.41) is 3.75. The van der Waals surface area contributed by atoms with Crippen LogP contribution in [-0.2, 0) is 6.42 Å². The van der Waals surface area contributed by atoms with Crippen molar-refractivity contribution in [3.05, 3.63) is 35.9 Å². The van der Waals surface area contributed by atoms with Crippen molar-refractivity contribution in [2.24, 2.45) is 11.8 Å². The molecule has 0 spiro atoms. The third-order valence-electron chi connectivity index (χ3n) is 4.96. The van der Waals surface area contributed by atoms with Gasteiger partial charge in [-0.25, -0.2) is 0 Å². The van der Waals surface area contributed by atoms with Crippen molar-refractivity contribution in [3.8, 4) is 0 Å². The first-order valence-electron chi connectivity index (χ1n) is 8.19. The van der Waals surface area contributed by atoms with Crippen molar-refractivity contribution in [1.29, 1.82) is 0 Å². The summed E-state index contributed by atoms with van der Waals surface area (Å²) in [6, 6.07) is 11.9. The molecule has 1 N–H and O–H groups in total. The van der Waals surface area contributed by atoms with E-state index >= 15 is 0 Å². The molecule has 19 heavy (non-hydrogen) atoms. The summed E-state index contributed by atoms with van der Waals surface area (Å²) in [6.45, 7) is 1.28. The highest BCUT2D eigenvalue weighted by Gasteiger charge is 2.27. The Balaban J connectivity index is 1.48. The van der Waals surface area contributed by atoms with Crippen LogP contribution in [0.25, 0.3) is 0 Å². The summed E-state index contributed by atoms with van der Waals surface area (Å²) in [5.41, 5.74) is 1.52. The Kier molecular flexibility index (Phi) is 4.55. The molecule has 1 heteroatoms. The lowest BCUT2D eigenvalue weighted by molar-refractivity contribution is 0.217. The summed E-state index contributed by atoms with van der Waals surface area (Å²) in [5.74, 6) is 1.90. The first-order chi connectivity index (χ1) is 9.42. The molecule has 2 fully saturated rings. The van der Waals surface area contributed by atoms with Gasteiger partial charge in [0.05, 0.1) is 0 Å². The van der Waals surface area contributed by atoms with E-state index in [-0.39, 0.29) is 0 Å². The number of aryl methyl sites for hydroxylation is 1. The van der Waals surface area contributed by atoms with E-state index in [0.717, 1.165) is 17.9 Å². The van der Waals surface area contributed by atoms with Gasteiger partial charge in [0.15, 0.2) is 0 Å². The van der Waals surface area contributed by atoms with E-state index in [0.29, 0.717) is 0 Å². The lowest BCUT2D eigenvalue weighted by Crippen LogP contribution is -2.32. The van der Waals surface area contributed by atoms with E-state index in [2.05, 4.69) is 35.6 Å².